The van der Waals surface area contributed by atoms with Crippen LogP contribution in [-0.4, -0.2) is 203 Å². The molecule has 0 atom stereocenters. The van der Waals surface area contributed by atoms with Crippen molar-refractivity contribution >= 4 is 129 Å². The molecule has 2 amide bonds. The van der Waals surface area contributed by atoms with E-state index in [0.29, 0.717) is 49.5 Å². The van der Waals surface area contributed by atoms with E-state index in [1.165, 1.54) is 54.6 Å². The first-order valence-corrected chi connectivity index (χ1v) is 32.1. The summed E-state index contributed by atoms with van der Waals surface area (Å²) < 4.78 is 18.1. The Morgan fingerprint density at radius 2 is 0.709 bits per heavy atom. The van der Waals surface area contributed by atoms with Crippen molar-refractivity contribution in [1.29, 1.82) is 0 Å². The third kappa shape index (κ3) is 19.3. The monoisotopic (exact) mass is 1510 g/mol. The van der Waals surface area contributed by atoms with E-state index in [4.69, 9.17) is 60.5 Å². The molecule has 0 aliphatic heterocycles. The van der Waals surface area contributed by atoms with E-state index in [2.05, 4.69) is 55.5 Å². The molecule has 0 bridgehead atoms. The summed E-state index contributed by atoms with van der Waals surface area (Å²) in [5, 5.41) is 67.4. The molecule has 0 unspecified atom stereocenters. The number of imidazole rings is 1. The molecule has 0 aliphatic carbocycles. The fourth-order valence-electron chi connectivity index (χ4n) is 10.7. The zero-order chi connectivity index (χ0) is 77.3. The molecule has 9 heterocycles. The average Bonchev–Trinajstić information content (AvgIpc) is 0.904. The number of aromatic amines is 4. The number of aliphatic hydroxyl groups is 6. The second-order valence-corrected chi connectivity index (χ2v) is 24.1. The zero-order valence-electron chi connectivity index (χ0n) is 57.1. The summed E-state index contributed by atoms with van der Waals surface area (Å²) in [6.07, 6.45) is 15.7. The molecular formula is C76H81N13O21. The molecule has 34 heteroatoms. The summed E-state index contributed by atoms with van der Waals surface area (Å²) in [4.78, 5) is 172. The molecule has 15 N–H and O–H groups in total. The molecule has 0 saturated carbocycles. The number of rotatable bonds is 18. The summed E-state index contributed by atoms with van der Waals surface area (Å²) >= 11 is 0. The fourth-order valence-corrected chi connectivity index (χ4v) is 10.7. The van der Waals surface area contributed by atoms with Gasteiger partial charge in [-0.1, -0.05) is 70.8 Å². The Labute approximate surface area is 623 Å². The van der Waals surface area contributed by atoms with Crippen molar-refractivity contribution in [3.05, 3.63) is 229 Å². The van der Waals surface area contributed by atoms with Gasteiger partial charge in [-0.05, 0) is 48.5 Å². The number of benzene rings is 4. The van der Waals surface area contributed by atoms with E-state index in [1.807, 2.05) is 36.4 Å². The largest absolute Gasteiger partial charge is 0.481 e. The smallest absolute Gasteiger partial charge is 0.343 e. The normalized spacial score (nSPS) is 11.0. The Morgan fingerprint density at radius 3 is 0.955 bits per heavy atom. The Morgan fingerprint density at radius 1 is 0.427 bits per heavy atom. The van der Waals surface area contributed by atoms with Crippen LogP contribution in [0, 0.1) is 0 Å². The van der Waals surface area contributed by atoms with Crippen molar-refractivity contribution in [2.24, 2.45) is 5.73 Å². The maximum Gasteiger partial charge on any atom is 0.343 e. The lowest BCUT2D eigenvalue weighted by Gasteiger charge is -2.32. The van der Waals surface area contributed by atoms with Crippen LogP contribution in [0.5, 0.6) is 0 Å². The van der Waals surface area contributed by atoms with E-state index >= 15 is 0 Å². The van der Waals surface area contributed by atoms with Crippen LogP contribution in [0.1, 0.15) is 84.5 Å². The van der Waals surface area contributed by atoms with E-state index in [9.17, 15) is 47.9 Å². The molecule has 110 heavy (non-hydrogen) atoms. The summed E-state index contributed by atoms with van der Waals surface area (Å²) in [7, 11) is 0. The van der Waals surface area contributed by atoms with Crippen LogP contribution < -0.4 is 38.1 Å². The lowest BCUT2D eigenvalue weighted by Crippen LogP contribution is -2.59. The quantitative estimate of drug-likeness (QED) is 0.0327. The number of carbonyl (C=O) groups excluding carboxylic acids is 6. The topological polar surface area (TPSA) is 540 Å². The third-order valence-corrected chi connectivity index (χ3v) is 16.3. The van der Waals surface area contributed by atoms with Gasteiger partial charge in [0, 0.05) is 126 Å². The number of carboxylic acids is 1. The summed E-state index contributed by atoms with van der Waals surface area (Å²) in [5.41, 5.74) is 1.08. The van der Waals surface area contributed by atoms with Crippen molar-refractivity contribution in [2.75, 3.05) is 59.5 Å². The molecule has 13 aromatic rings. The zero-order valence-corrected chi connectivity index (χ0v) is 57.1. The highest BCUT2D eigenvalue weighted by atomic mass is 16.6. The van der Waals surface area contributed by atoms with Crippen LogP contribution in [0.3, 0.4) is 0 Å². The maximum absolute atomic E-state index is 13.7. The lowest BCUT2D eigenvalue weighted by molar-refractivity contribution is -0.134. The number of aliphatic carboxylic acids is 1. The summed E-state index contributed by atoms with van der Waals surface area (Å²) in [6.45, 7) is -1.72. The number of esters is 3. The van der Waals surface area contributed by atoms with Gasteiger partial charge in [-0.15, -0.1) is 0 Å². The minimum atomic E-state index is -2.04. The van der Waals surface area contributed by atoms with Crippen LogP contribution in [0.15, 0.2) is 185 Å². The van der Waals surface area contributed by atoms with Gasteiger partial charge >= 0.3 is 17.9 Å². The van der Waals surface area contributed by atoms with Gasteiger partial charge in [-0.3, -0.25) is 62.9 Å². The van der Waals surface area contributed by atoms with Gasteiger partial charge in [0.25, 0.3) is 11.9 Å². The van der Waals surface area contributed by atoms with Crippen LogP contribution >= 0.6 is 0 Å². The number of nitrogens with two attached hydrogens (primary N) is 1. The first-order valence-electron chi connectivity index (χ1n) is 32.1. The Hall–Kier alpha value is -13.2. The molecule has 4 aromatic carbocycles. The number of amides is 2. The predicted octanol–water partition coefficient (Wildman–Crippen LogP) is 4.06. The predicted molar refractivity (Wildman–Crippen MR) is 408 cm³/mol. The minimum Gasteiger partial charge on any atom is -0.481 e. The Bertz CT molecular complexity index is 5400. The molecule has 0 saturated heterocycles. The minimum absolute atomic E-state index is 0. The molecule has 0 spiro atoms. The van der Waals surface area contributed by atoms with Gasteiger partial charge in [0.05, 0.1) is 89.3 Å². The van der Waals surface area contributed by atoms with Crippen molar-refractivity contribution in [2.45, 2.75) is 59.7 Å². The number of aliphatic hydroxyl groups excluding tert-OH is 6. The number of carboxylic acid groups (broad SMARTS) is 1. The van der Waals surface area contributed by atoms with Gasteiger partial charge in [-0.25, -0.2) is 19.4 Å². The van der Waals surface area contributed by atoms with Gasteiger partial charge in [-0.2, -0.15) is 0 Å². The number of nitrogens with one attached hydrogen (secondary N) is 6. The molecule has 0 radical (unpaired) electrons. The number of pyridine rings is 8. The highest BCUT2D eigenvalue weighted by Crippen LogP contribution is 2.25. The second-order valence-electron chi connectivity index (χ2n) is 24.1. The molecular weight excluding hydrogens is 1430 g/mol. The number of fused-ring (bicyclic) bond motifs is 12. The lowest BCUT2D eigenvalue weighted by atomic mass is 10.0. The maximum atomic E-state index is 13.7. The van der Waals surface area contributed by atoms with Gasteiger partial charge < -0.3 is 86.3 Å². The first-order chi connectivity index (χ1) is 51.3. The summed E-state index contributed by atoms with van der Waals surface area (Å²) in [6, 6.07) is 27.6. The Balaban J connectivity index is 0.000000319. The third-order valence-electron chi connectivity index (χ3n) is 16.3. The van der Waals surface area contributed by atoms with Crippen molar-refractivity contribution in [1.82, 2.24) is 60.1 Å². The van der Waals surface area contributed by atoms with Gasteiger partial charge in [0.1, 0.15) is 59.5 Å². The van der Waals surface area contributed by atoms with E-state index in [-0.39, 0.29) is 49.4 Å². The van der Waals surface area contributed by atoms with Crippen LogP contribution in [-0.2, 0) is 28.6 Å². The number of hydrogen-bond acceptors (Lipinski definition) is 26. The van der Waals surface area contributed by atoms with E-state index in [0.717, 1.165) is 54.0 Å². The molecule has 9 aromatic heterocycles. The van der Waals surface area contributed by atoms with Crippen molar-refractivity contribution in [3.8, 4) is 0 Å². The molecule has 34 nitrogen and oxygen atoms in total. The number of nitrogens with zero attached hydrogens (tertiary/aromatic N) is 6. The molecule has 13 rings (SSSR count). The molecule has 576 valence electrons. The number of hydrogen-bond donors (Lipinski definition) is 14. The van der Waals surface area contributed by atoms with Crippen molar-refractivity contribution in [3.63, 3.8) is 0 Å². The van der Waals surface area contributed by atoms with Gasteiger partial charge in [0.15, 0.2) is 0 Å². The highest BCUT2D eigenvalue weighted by molar-refractivity contribution is 6.08. The first kappa shape index (κ1) is 85.7. The number of ether oxygens (including phenoxy) is 3. The summed E-state index contributed by atoms with van der Waals surface area (Å²) in [5.74, 6) is -5.80. The average molecular weight is 1510 g/mol. The van der Waals surface area contributed by atoms with E-state index < -0.39 is 151 Å². The second kappa shape index (κ2) is 37.8. The van der Waals surface area contributed by atoms with Crippen LogP contribution in [0.4, 0.5) is 0 Å². The number of carbonyl (C=O) groups is 7. The molecule has 0 aliphatic rings. The fraction of sp³-hybridized carbons (Fsp3) is 0.237. The number of aromatic nitrogens is 10. The molecule has 0 fully saturated rings. The van der Waals surface area contributed by atoms with Crippen LogP contribution in [0.25, 0.3) is 87.2 Å². The Kier molecular flexibility index (Phi) is 29.5. The SMILES string of the molecule is C.C.C.CC(=O)NC(CO)(CO)CO.CC(=O)NC(COC(=O)c1c[nH]c2c(ccc3cccnc32)c1=O)(COC(=O)c1c[nH]c2c(ccc3cccnc32)c1=O)COC(=O)c1c[nH]c2c(ccc3cccnc32)c1=O.CC(=O)O.NC(CO)(CO)CO.O=C(c1c[nH]c2c(ccc3cccnc32)c1=O)n1ccnc1. The van der Waals surface area contributed by atoms with Crippen LogP contribution in [0.2, 0.25) is 0 Å². The number of H-pyrrole nitrogens is 4. The van der Waals surface area contributed by atoms with E-state index in [1.54, 1.807) is 67.3 Å². The van der Waals surface area contributed by atoms with Crippen molar-refractivity contribution < 1.29 is 83.5 Å². The standard InChI is InChI=1S/C45H31N7O10.C16H10N4O2.C6H13NO4.C4H11NO3.C2H4O2.3CH4/c1-23(53)52-45(20-60-42(57)30-17-49-36-27(39(30)54)11-8-24-5-2-14-46-33(24)36,21-61-43(58)31-18-50-37-28(40(31)55)12-9-25-6-3-15-47-34(25)37)22-62-44(59)32-19-51-38-29(41(32)56)13-10-26-7-4-16-48-35(26)38;21-15-11-4-3-10-2-1-5-18-13(10)14(11)19-8-12(15)16(22)20-7-6-17-9-20;1-5(11)7-6(2-8,3-9)4-10;5-4(1-6,2-7)3-8;1-2(3)4;;;/h2-19H,20-22H2,1H3,(H,49,54)(H,50,55)(H,51,56)(H,52,53);1-9H,(H,19,21);8-10H,2-4H2,1H3,(H,7,11);6-8H,1-3,5H2;1H3,(H,3,4);3*1H4. The van der Waals surface area contributed by atoms with Gasteiger partial charge in [0.2, 0.25) is 33.5 Å². The highest BCUT2D eigenvalue weighted by Gasteiger charge is 2.39.